The Labute approximate surface area is 197 Å². The fraction of sp³-hybridized carbons (Fsp3) is 0.143. The zero-order valence-electron chi connectivity index (χ0n) is 17.6. The number of hydrogen-bond donors (Lipinski definition) is 4. The fourth-order valence-electron chi connectivity index (χ4n) is 2.69. The number of nitrogens with one attached hydrogen (secondary N) is 3. The Hall–Kier alpha value is -3.70. The molecule has 0 fully saturated rings. The normalized spacial score (nSPS) is 10.4. The van der Waals surface area contributed by atoms with Crippen molar-refractivity contribution in [1.82, 2.24) is 9.97 Å². The number of nitrogen functional groups attached to an aromatic ring is 1. The number of hydrogen-bond acceptors (Lipinski definition) is 8. The van der Waals surface area contributed by atoms with E-state index in [1.165, 1.54) is 26.4 Å². The fourth-order valence-corrected chi connectivity index (χ4v) is 3.48. The molecule has 1 heterocycles. The first-order chi connectivity index (χ1) is 15.8. The molecule has 10 nitrogen and oxygen atoms in total. The maximum absolute atomic E-state index is 12.6. The van der Waals surface area contributed by atoms with E-state index in [1.807, 2.05) is 0 Å². The Morgan fingerprint density at radius 3 is 2.42 bits per heavy atom. The van der Waals surface area contributed by atoms with E-state index >= 15 is 0 Å². The molecule has 2 amide bonds. The largest absolute Gasteiger partial charge is 0.493 e. The van der Waals surface area contributed by atoms with Crippen molar-refractivity contribution in [3.8, 4) is 11.5 Å². The summed E-state index contributed by atoms with van der Waals surface area (Å²) in [5, 5.41) is 5.83. The van der Waals surface area contributed by atoms with Gasteiger partial charge in [0.25, 0.3) is 11.5 Å². The summed E-state index contributed by atoms with van der Waals surface area (Å²) in [7, 11) is 2.92. The maximum Gasteiger partial charge on any atom is 0.277 e. The molecule has 5 N–H and O–H groups in total. The number of H-pyrrole nitrogens is 1. The number of halogens is 1. The lowest BCUT2D eigenvalue weighted by molar-refractivity contribution is -0.113. The molecule has 0 radical (unpaired) electrons. The first kappa shape index (κ1) is 24.0. The van der Waals surface area contributed by atoms with Crippen LogP contribution in [-0.4, -0.2) is 41.8 Å². The lowest BCUT2D eigenvalue weighted by atomic mass is 10.2. The van der Waals surface area contributed by atoms with E-state index in [1.54, 1.807) is 30.3 Å². The van der Waals surface area contributed by atoms with Gasteiger partial charge in [0.2, 0.25) is 5.91 Å². The Kier molecular flexibility index (Phi) is 7.80. The molecule has 0 spiro atoms. The number of nitrogens with zero attached hydrogens (tertiary/aromatic N) is 1. The van der Waals surface area contributed by atoms with Crippen LogP contribution >= 0.6 is 23.4 Å². The van der Waals surface area contributed by atoms with Gasteiger partial charge in [0.1, 0.15) is 5.69 Å². The summed E-state index contributed by atoms with van der Waals surface area (Å²) < 4.78 is 10.3. The van der Waals surface area contributed by atoms with Crippen molar-refractivity contribution in [2.45, 2.75) is 5.16 Å². The van der Waals surface area contributed by atoms with Crippen LogP contribution < -0.4 is 31.4 Å². The average molecular weight is 490 g/mol. The zero-order valence-corrected chi connectivity index (χ0v) is 19.2. The first-order valence-electron chi connectivity index (χ1n) is 9.42. The second-order valence-electron chi connectivity index (χ2n) is 6.50. The van der Waals surface area contributed by atoms with Gasteiger partial charge >= 0.3 is 0 Å². The number of nitrogens with two attached hydrogens (primary N) is 1. The molecule has 2 aromatic carbocycles. The molecule has 0 bridgehead atoms. The van der Waals surface area contributed by atoms with Crippen molar-refractivity contribution in [3.05, 3.63) is 63.4 Å². The minimum Gasteiger partial charge on any atom is -0.493 e. The van der Waals surface area contributed by atoms with Crippen molar-refractivity contribution >= 4 is 52.4 Å². The van der Waals surface area contributed by atoms with E-state index in [0.717, 1.165) is 11.8 Å². The summed E-state index contributed by atoms with van der Waals surface area (Å²) in [6.07, 6.45) is 0. The number of thioether (sulfide) groups is 1. The highest BCUT2D eigenvalue weighted by molar-refractivity contribution is 7.99. The lowest BCUT2D eigenvalue weighted by Gasteiger charge is -2.11. The van der Waals surface area contributed by atoms with E-state index in [-0.39, 0.29) is 33.9 Å². The number of aromatic nitrogens is 2. The Balaban J connectivity index is 1.66. The molecule has 172 valence electrons. The van der Waals surface area contributed by atoms with Crippen LogP contribution in [0.5, 0.6) is 11.5 Å². The van der Waals surface area contributed by atoms with Gasteiger partial charge in [-0.05, 0) is 42.5 Å². The van der Waals surface area contributed by atoms with E-state index in [4.69, 9.17) is 26.8 Å². The van der Waals surface area contributed by atoms with Gasteiger partial charge in [0, 0.05) is 16.3 Å². The third-order valence-electron chi connectivity index (χ3n) is 4.28. The number of benzene rings is 2. The molecule has 3 rings (SSSR count). The number of amides is 2. The summed E-state index contributed by atoms with van der Waals surface area (Å²) in [5.74, 6) is -0.300. The summed E-state index contributed by atoms with van der Waals surface area (Å²) in [6, 6.07) is 11.2. The third-order valence-corrected chi connectivity index (χ3v) is 5.40. The highest BCUT2D eigenvalue weighted by Gasteiger charge is 2.16. The van der Waals surface area contributed by atoms with Crippen LogP contribution in [0.15, 0.2) is 52.4 Å². The second kappa shape index (κ2) is 10.7. The Morgan fingerprint density at radius 2 is 1.79 bits per heavy atom. The molecule has 3 aromatic rings. The van der Waals surface area contributed by atoms with Crippen LogP contribution in [0.1, 0.15) is 10.4 Å². The Morgan fingerprint density at radius 1 is 1.09 bits per heavy atom. The van der Waals surface area contributed by atoms with Gasteiger partial charge in [0.05, 0.1) is 20.0 Å². The van der Waals surface area contributed by atoms with E-state index in [0.29, 0.717) is 22.2 Å². The van der Waals surface area contributed by atoms with Gasteiger partial charge in [0.15, 0.2) is 22.5 Å². The maximum atomic E-state index is 12.6. The number of carbonyl (C=O) groups is 2. The molecule has 0 unspecified atom stereocenters. The van der Waals surface area contributed by atoms with Gasteiger partial charge < -0.3 is 25.8 Å². The van der Waals surface area contributed by atoms with Crippen LogP contribution in [-0.2, 0) is 4.79 Å². The predicted molar refractivity (Wildman–Crippen MR) is 128 cm³/mol. The molecule has 33 heavy (non-hydrogen) atoms. The smallest absolute Gasteiger partial charge is 0.277 e. The second-order valence-corrected chi connectivity index (χ2v) is 7.90. The highest BCUT2D eigenvalue weighted by Crippen LogP contribution is 2.28. The quantitative estimate of drug-likeness (QED) is 0.279. The molecule has 12 heteroatoms. The van der Waals surface area contributed by atoms with Gasteiger partial charge in [-0.2, -0.15) is 0 Å². The van der Waals surface area contributed by atoms with E-state index in [9.17, 15) is 14.4 Å². The van der Waals surface area contributed by atoms with Crippen LogP contribution in [0.4, 0.5) is 17.2 Å². The summed E-state index contributed by atoms with van der Waals surface area (Å²) in [4.78, 5) is 43.7. The van der Waals surface area contributed by atoms with Crippen LogP contribution in [0, 0.1) is 0 Å². The van der Waals surface area contributed by atoms with Crippen LogP contribution in [0.25, 0.3) is 0 Å². The molecule has 0 aliphatic heterocycles. The van der Waals surface area contributed by atoms with Crippen molar-refractivity contribution in [3.63, 3.8) is 0 Å². The average Bonchev–Trinajstić information content (AvgIpc) is 2.81. The molecule has 0 aliphatic rings. The molecule has 0 saturated heterocycles. The molecular weight excluding hydrogens is 470 g/mol. The number of ether oxygens (including phenoxy) is 2. The zero-order chi connectivity index (χ0) is 24.0. The Bertz CT molecular complexity index is 1230. The number of methoxy groups -OCH3 is 2. The van der Waals surface area contributed by atoms with Crippen molar-refractivity contribution in [1.29, 1.82) is 0 Å². The topological polar surface area (TPSA) is 148 Å². The standard InChI is InChI=1S/C21H20ClN5O5S/c1-31-14-8-3-11(9-15(14)32-2)19(29)25-17-18(23)26-21(27-20(17)30)33-10-16(28)24-13-6-4-12(22)5-7-13/h3-9H,10H2,1-2H3,(H,24,28)(H,25,29)(H3,23,26,27,30). The number of carbonyl (C=O) groups excluding carboxylic acids is 2. The van der Waals surface area contributed by atoms with Crippen molar-refractivity contribution in [2.24, 2.45) is 0 Å². The predicted octanol–water partition coefficient (Wildman–Crippen LogP) is 3.01. The van der Waals surface area contributed by atoms with Gasteiger partial charge in [-0.25, -0.2) is 4.98 Å². The third kappa shape index (κ3) is 6.18. The summed E-state index contributed by atoms with van der Waals surface area (Å²) in [6.45, 7) is 0. The van der Waals surface area contributed by atoms with Crippen molar-refractivity contribution < 1.29 is 19.1 Å². The monoisotopic (exact) mass is 489 g/mol. The van der Waals surface area contributed by atoms with Crippen molar-refractivity contribution in [2.75, 3.05) is 36.3 Å². The van der Waals surface area contributed by atoms with E-state index in [2.05, 4.69) is 20.6 Å². The van der Waals surface area contributed by atoms with Gasteiger partial charge in [-0.15, -0.1) is 0 Å². The summed E-state index contributed by atoms with van der Waals surface area (Å²) in [5.41, 5.74) is 5.83. The van der Waals surface area contributed by atoms with E-state index < -0.39 is 11.5 Å². The van der Waals surface area contributed by atoms with Gasteiger partial charge in [-0.3, -0.25) is 19.4 Å². The molecule has 0 atom stereocenters. The van der Waals surface area contributed by atoms with Gasteiger partial charge in [-0.1, -0.05) is 23.4 Å². The molecule has 0 aliphatic carbocycles. The number of rotatable bonds is 8. The first-order valence-corrected chi connectivity index (χ1v) is 10.8. The van der Waals surface area contributed by atoms with Crippen LogP contribution in [0.2, 0.25) is 5.02 Å². The summed E-state index contributed by atoms with van der Waals surface area (Å²) >= 11 is 6.80. The molecular formula is C21H20ClN5O5S. The number of anilines is 3. The number of aromatic amines is 1. The minimum absolute atomic E-state index is 0.0254. The lowest BCUT2D eigenvalue weighted by Crippen LogP contribution is -2.23. The van der Waals surface area contributed by atoms with Crippen LogP contribution in [0.3, 0.4) is 0 Å². The molecule has 0 saturated carbocycles. The molecule has 1 aromatic heterocycles. The highest BCUT2D eigenvalue weighted by atomic mass is 35.5. The SMILES string of the molecule is COc1ccc(C(=O)Nc2c(N)nc(SCC(=O)Nc3ccc(Cl)cc3)[nH]c2=O)cc1OC. The minimum atomic E-state index is -0.656.